The molecule has 1 aliphatic rings. The second-order valence-corrected chi connectivity index (χ2v) is 5.18. The molecule has 19 heavy (non-hydrogen) atoms. The fourth-order valence-corrected chi connectivity index (χ4v) is 2.35. The number of nitrogens with one attached hydrogen (secondary N) is 2. The van der Waals surface area contributed by atoms with Crippen LogP contribution in [0.4, 0.5) is 0 Å². The van der Waals surface area contributed by atoms with E-state index in [1.807, 2.05) is 6.92 Å². The molecule has 1 amide bonds. The monoisotopic (exact) mass is 282 g/mol. The van der Waals surface area contributed by atoms with Gasteiger partial charge in [-0.25, -0.2) is 0 Å². The third-order valence-corrected chi connectivity index (χ3v) is 3.60. The summed E-state index contributed by atoms with van der Waals surface area (Å²) in [5.74, 6) is 0.307. The van der Waals surface area contributed by atoms with Crippen LogP contribution in [-0.4, -0.2) is 19.0 Å². The van der Waals surface area contributed by atoms with Gasteiger partial charge in [0.05, 0.1) is 12.0 Å². The maximum atomic E-state index is 12.1. The lowest BCUT2D eigenvalue weighted by Gasteiger charge is -2.24. The highest BCUT2D eigenvalue weighted by Crippen LogP contribution is 2.16. The summed E-state index contributed by atoms with van der Waals surface area (Å²) in [7, 11) is 0. The molecule has 3 nitrogen and oxygen atoms in total. The number of piperidine rings is 1. The van der Waals surface area contributed by atoms with Crippen molar-refractivity contribution in [2.45, 2.75) is 32.7 Å². The quantitative estimate of drug-likeness (QED) is 0.895. The van der Waals surface area contributed by atoms with Gasteiger partial charge in [0, 0.05) is 6.54 Å². The molecule has 4 heteroatoms. The molecule has 0 bridgehead atoms. The molecule has 0 aliphatic carbocycles. The zero-order chi connectivity index (χ0) is 13.0. The lowest BCUT2D eigenvalue weighted by Crippen LogP contribution is -2.41. The number of rotatable bonds is 3. The smallest absolute Gasteiger partial charge is 0.224 e. The Bertz CT molecular complexity index is 399. The van der Waals surface area contributed by atoms with E-state index in [4.69, 9.17) is 0 Å². The second kappa shape index (κ2) is 7.51. The highest BCUT2D eigenvalue weighted by atomic mass is 35.5. The van der Waals surface area contributed by atoms with Gasteiger partial charge in [-0.1, -0.05) is 29.8 Å². The molecule has 1 saturated heterocycles. The highest BCUT2D eigenvalue weighted by molar-refractivity contribution is 5.85. The molecule has 1 aromatic carbocycles. The van der Waals surface area contributed by atoms with Crippen LogP contribution < -0.4 is 10.6 Å². The van der Waals surface area contributed by atoms with E-state index in [-0.39, 0.29) is 30.3 Å². The minimum Gasteiger partial charge on any atom is -0.349 e. The van der Waals surface area contributed by atoms with E-state index >= 15 is 0 Å². The van der Waals surface area contributed by atoms with Crippen LogP contribution >= 0.6 is 12.4 Å². The summed E-state index contributed by atoms with van der Waals surface area (Å²) in [5, 5.41) is 6.38. The highest BCUT2D eigenvalue weighted by Gasteiger charge is 2.22. The fourth-order valence-electron chi connectivity index (χ4n) is 2.35. The molecule has 2 N–H and O–H groups in total. The Morgan fingerprint density at radius 2 is 2.05 bits per heavy atom. The van der Waals surface area contributed by atoms with Gasteiger partial charge in [0.25, 0.3) is 0 Å². The van der Waals surface area contributed by atoms with Gasteiger partial charge >= 0.3 is 0 Å². The van der Waals surface area contributed by atoms with Crippen molar-refractivity contribution in [1.29, 1.82) is 0 Å². The summed E-state index contributed by atoms with van der Waals surface area (Å²) in [6, 6.07) is 8.42. The van der Waals surface area contributed by atoms with Crippen LogP contribution in [0.15, 0.2) is 24.3 Å². The maximum Gasteiger partial charge on any atom is 0.224 e. The zero-order valence-corrected chi connectivity index (χ0v) is 12.4. The summed E-state index contributed by atoms with van der Waals surface area (Å²) in [6.07, 6.45) is 2.09. The molecule has 1 unspecified atom stereocenters. The number of benzene rings is 1. The maximum absolute atomic E-state index is 12.1. The van der Waals surface area contributed by atoms with Crippen molar-refractivity contribution in [3.8, 4) is 0 Å². The van der Waals surface area contributed by atoms with E-state index in [1.54, 1.807) is 0 Å². The van der Waals surface area contributed by atoms with Gasteiger partial charge < -0.3 is 10.6 Å². The van der Waals surface area contributed by atoms with Crippen LogP contribution in [0.5, 0.6) is 0 Å². The Labute approximate surface area is 121 Å². The first-order valence-corrected chi connectivity index (χ1v) is 6.74. The molecule has 106 valence electrons. The van der Waals surface area contributed by atoms with Gasteiger partial charge in [-0.2, -0.15) is 0 Å². The molecule has 1 aliphatic heterocycles. The van der Waals surface area contributed by atoms with Gasteiger partial charge in [-0.05, 0) is 38.8 Å². The average molecular weight is 283 g/mol. The van der Waals surface area contributed by atoms with Crippen molar-refractivity contribution in [2.24, 2.45) is 5.92 Å². The van der Waals surface area contributed by atoms with Crippen LogP contribution in [0.25, 0.3) is 0 Å². The predicted octanol–water partition coefficient (Wildman–Crippen LogP) is 2.59. The SMILES string of the molecule is Cc1ccc(C(C)NC(=O)[C@@H]2CCCNC2)cc1.Cl. The number of carbonyl (C=O) groups is 1. The van der Waals surface area contributed by atoms with Gasteiger partial charge in [-0.15, -0.1) is 12.4 Å². The van der Waals surface area contributed by atoms with Crippen molar-refractivity contribution < 1.29 is 4.79 Å². The number of amides is 1. The van der Waals surface area contributed by atoms with Gasteiger partial charge in [0.1, 0.15) is 0 Å². The van der Waals surface area contributed by atoms with E-state index in [1.165, 1.54) is 5.56 Å². The van der Waals surface area contributed by atoms with Gasteiger partial charge in [-0.3, -0.25) is 4.79 Å². The summed E-state index contributed by atoms with van der Waals surface area (Å²) in [4.78, 5) is 12.1. The molecule has 1 fully saturated rings. The fraction of sp³-hybridized carbons (Fsp3) is 0.533. The van der Waals surface area contributed by atoms with Gasteiger partial charge in [0.2, 0.25) is 5.91 Å². The van der Waals surface area contributed by atoms with E-state index in [0.717, 1.165) is 31.5 Å². The molecule has 0 aromatic heterocycles. The minimum atomic E-state index is 0. The van der Waals surface area contributed by atoms with Crippen LogP contribution in [0.3, 0.4) is 0 Å². The topological polar surface area (TPSA) is 41.1 Å². The zero-order valence-electron chi connectivity index (χ0n) is 11.6. The molecule has 2 atom stereocenters. The van der Waals surface area contributed by atoms with Crippen molar-refractivity contribution >= 4 is 18.3 Å². The van der Waals surface area contributed by atoms with Crippen LogP contribution in [0, 0.1) is 12.8 Å². The Balaban J connectivity index is 0.00000180. The Kier molecular flexibility index (Phi) is 6.32. The Hall–Kier alpha value is -1.06. The lowest BCUT2D eigenvalue weighted by atomic mass is 9.98. The molecule has 1 aromatic rings. The molecule has 1 heterocycles. The Morgan fingerprint density at radius 3 is 2.63 bits per heavy atom. The molecule has 0 spiro atoms. The van der Waals surface area contributed by atoms with E-state index < -0.39 is 0 Å². The third kappa shape index (κ3) is 4.51. The minimum absolute atomic E-state index is 0. The molecular formula is C15H23ClN2O. The van der Waals surface area contributed by atoms with E-state index in [2.05, 4.69) is 41.8 Å². The summed E-state index contributed by atoms with van der Waals surface area (Å²) in [6.45, 7) is 5.96. The van der Waals surface area contributed by atoms with E-state index in [0.29, 0.717) is 0 Å². The predicted molar refractivity (Wildman–Crippen MR) is 80.6 cm³/mol. The van der Waals surface area contributed by atoms with Crippen molar-refractivity contribution in [1.82, 2.24) is 10.6 Å². The molecule has 0 radical (unpaired) electrons. The van der Waals surface area contributed by atoms with Crippen LogP contribution in [-0.2, 0) is 4.79 Å². The van der Waals surface area contributed by atoms with E-state index in [9.17, 15) is 4.79 Å². The largest absolute Gasteiger partial charge is 0.349 e. The normalized spacial score (nSPS) is 20.2. The number of carbonyl (C=O) groups excluding carboxylic acids is 1. The van der Waals surface area contributed by atoms with Crippen LogP contribution in [0.1, 0.15) is 36.9 Å². The van der Waals surface area contributed by atoms with Crippen LogP contribution in [0.2, 0.25) is 0 Å². The first-order chi connectivity index (χ1) is 8.66. The molecule has 2 rings (SSSR count). The lowest BCUT2D eigenvalue weighted by molar-refractivity contribution is -0.126. The van der Waals surface area contributed by atoms with Crippen molar-refractivity contribution in [3.05, 3.63) is 35.4 Å². The summed E-state index contributed by atoms with van der Waals surface area (Å²) < 4.78 is 0. The van der Waals surface area contributed by atoms with Gasteiger partial charge in [0.15, 0.2) is 0 Å². The number of hydrogen-bond donors (Lipinski definition) is 2. The number of halogens is 1. The molecular weight excluding hydrogens is 260 g/mol. The number of aryl methyl sites for hydroxylation is 1. The first kappa shape index (κ1) is 16.0. The van der Waals surface area contributed by atoms with Crippen molar-refractivity contribution in [2.75, 3.05) is 13.1 Å². The number of hydrogen-bond acceptors (Lipinski definition) is 2. The molecule has 0 saturated carbocycles. The summed E-state index contributed by atoms with van der Waals surface area (Å²) >= 11 is 0. The first-order valence-electron chi connectivity index (χ1n) is 6.74. The van der Waals surface area contributed by atoms with Crippen molar-refractivity contribution in [3.63, 3.8) is 0 Å². The second-order valence-electron chi connectivity index (χ2n) is 5.18. The Morgan fingerprint density at radius 1 is 1.37 bits per heavy atom. The third-order valence-electron chi connectivity index (χ3n) is 3.60. The standard InChI is InChI=1S/C15H22N2O.ClH/c1-11-5-7-13(8-6-11)12(2)17-15(18)14-4-3-9-16-10-14;/h5-8,12,14,16H,3-4,9-10H2,1-2H3,(H,17,18);1H/t12?,14-;/m1./s1. The average Bonchev–Trinajstić information content (AvgIpc) is 2.40. The summed E-state index contributed by atoms with van der Waals surface area (Å²) in [5.41, 5.74) is 2.41.